The van der Waals surface area contributed by atoms with Crippen molar-refractivity contribution >= 4 is 88.5 Å². The lowest BCUT2D eigenvalue weighted by Gasteiger charge is -2.29. The summed E-state index contributed by atoms with van der Waals surface area (Å²) in [4.78, 5) is 4.85. The number of aryl methyl sites for hydroxylation is 2. The van der Waals surface area contributed by atoms with Crippen molar-refractivity contribution in [2.75, 3.05) is 9.80 Å². The molecule has 0 atom stereocenters. The second kappa shape index (κ2) is 11.9. The minimum atomic E-state index is 1.12. The molecule has 0 saturated heterocycles. The van der Waals surface area contributed by atoms with E-state index in [1.54, 1.807) is 0 Å². The van der Waals surface area contributed by atoms with Crippen LogP contribution in [0.2, 0.25) is 0 Å². The van der Waals surface area contributed by atoms with E-state index in [9.17, 15) is 0 Å². The molecular formula is C48H36N4. The number of para-hydroxylation sites is 6. The Bertz CT molecular complexity index is 2630. The first kappa shape index (κ1) is 30.1. The van der Waals surface area contributed by atoms with Gasteiger partial charge >= 0.3 is 0 Å². The van der Waals surface area contributed by atoms with Gasteiger partial charge in [-0.3, -0.25) is 0 Å². The van der Waals surface area contributed by atoms with E-state index in [0.717, 1.165) is 34.1 Å². The molecular weight excluding hydrogens is 633 g/mol. The average Bonchev–Trinajstić information content (AvgIpc) is 3.68. The van der Waals surface area contributed by atoms with E-state index < -0.39 is 0 Å². The third kappa shape index (κ3) is 4.47. The van der Waals surface area contributed by atoms with E-state index in [-0.39, 0.29) is 0 Å². The van der Waals surface area contributed by atoms with Crippen LogP contribution in [0.4, 0.5) is 34.1 Å². The highest BCUT2D eigenvalue weighted by Gasteiger charge is 2.27. The molecule has 0 radical (unpaired) electrons. The summed E-state index contributed by atoms with van der Waals surface area (Å²) >= 11 is 0. The van der Waals surface area contributed by atoms with Gasteiger partial charge in [0.1, 0.15) is 0 Å². The highest BCUT2D eigenvalue weighted by Crippen LogP contribution is 2.51. The Morgan fingerprint density at radius 2 is 0.615 bits per heavy atom. The molecule has 0 aliphatic rings. The van der Waals surface area contributed by atoms with Gasteiger partial charge < -0.3 is 18.9 Å². The van der Waals surface area contributed by atoms with Gasteiger partial charge in [0.25, 0.3) is 0 Å². The van der Waals surface area contributed by atoms with Gasteiger partial charge in [0.2, 0.25) is 0 Å². The van der Waals surface area contributed by atoms with Crippen molar-refractivity contribution in [2.24, 2.45) is 14.1 Å². The van der Waals surface area contributed by atoms with Crippen LogP contribution in [0.3, 0.4) is 0 Å². The number of anilines is 6. The Kier molecular flexibility index (Phi) is 6.90. The van der Waals surface area contributed by atoms with Gasteiger partial charge in [-0.15, -0.1) is 0 Å². The molecule has 0 amide bonds. The van der Waals surface area contributed by atoms with Gasteiger partial charge in [-0.2, -0.15) is 0 Å². The normalized spacial score (nSPS) is 11.7. The van der Waals surface area contributed by atoms with Gasteiger partial charge in [0, 0.05) is 80.2 Å². The molecule has 52 heavy (non-hydrogen) atoms. The predicted molar refractivity (Wildman–Crippen MR) is 221 cm³/mol. The van der Waals surface area contributed by atoms with Crippen LogP contribution in [0.5, 0.6) is 0 Å². The summed E-state index contributed by atoms with van der Waals surface area (Å²) in [5, 5.41) is 7.35. The van der Waals surface area contributed by atoms with Crippen molar-refractivity contribution in [1.29, 1.82) is 0 Å². The Morgan fingerprint density at radius 3 is 0.942 bits per heavy atom. The molecule has 10 aromatic rings. The van der Waals surface area contributed by atoms with E-state index in [0.29, 0.717) is 0 Å². The van der Waals surface area contributed by atoms with Gasteiger partial charge in [-0.1, -0.05) is 109 Å². The first-order chi connectivity index (χ1) is 25.7. The molecule has 0 unspecified atom stereocenters. The SMILES string of the molecule is Cn1c2ccccc2c2c(N(c3ccccc3)c3ccccc3)cc3c(cc(N(c4ccccc4)c4ccccc4)c4c5ccccc5n(C)c34)c21. The van der Waals surface area contributed by atoms with E-state index in [1.807, 2.05) is 0 Å². The highest BCUT2D eigenvalue weighted by atomic mass is 15.2. The number of aromatic nitrogens is 2. The fourth-order valence-corrected chi connectivity index (χ4v) is 8.42. The van der Waals surface area contributed by atoms with Crippen LogP contribution in [0.1, 0.15) is 0 Å². The maximum Gasteiger partial charge on any atom is 0.0591 e. The standard InChI is InChI=1S/C48H36N4/c1-49-41-29-17-15-27-37(41)45-43(51(33-19-7-3-8-20-33)34-21-9-4-10-22-34)32-40-39(47(45)49)31-44(46-38-28-16-18-30-42(38)50(2)48(40)46)52(35-23-11-5-12-24-35)36-25-13-6-14-26-36/h3-32H,1-2H3. The average molecular weight is 669 g/mol. The molecule has 4 heteroatoms. The molecule has 0 aliphatic heterocycles. The van der Waals surface area contributed by atoms with Gasteiger partial charge in [0.05, 0.1) is 22.4 Å². The summed E-state index contributed by atoms with van der Waals surface area (Å²) in [7, 11) is 4.45. The van der Waals surface area contributed by atoms with Crippen molar-refractivity contribution in [2.45, 2.75) is 0 Å². The molecule has 248 valence electrons. The summed E-state index contributed by atoms with van der Waals surface area (Å²) in [5.74, 6) is 0. The predicted octanol–water partition coefficient (Wildman–Crippen LogP) is 13.1. The van der Waals surface area contributed by atoms with Crippen LogP contribution in [0.15, 0.2) is 182 Å². The Morgan fingerprint density at radius 1 is 0.327 bits per heavy atom. The lowest BCUT2D eigenvalue weighted by atomic mass is 9.97. The van der Waals surface area contributed by atoms with Crippen molar-refractivity contribution in [1.82, 2.24) is 9.13 Å². The third-order valence-electron chi connectivity index (χ3n) is 10.6. The minimum Gasteiger partial charge on any atom is -0.343 e. The van der Waals surface area contributed by atoms with E-state index in [1.165, 1.54) is 54.4 Å². The van der Waals surface area contributed by atoms with E-state index in [2.05, 4.69) is 215 Å². The Labute approximate surface area is 302 Å². The molecule has 2 aromatic heterocycles. The molecule has 0 spiro atoms. The molecule has 10 rings (SSSR count). The zero-order valence-corrected chi connectivity index (χ0v) is 29.1. The molecule has 0 bridgehead atoms. The molecule has 0 aliphatic carbocycles. The van der Waals surface area contributed by atoms with Crippen molar-refractivity contribution in [3.8, 4) is 0 Å². The van der Waals surface area contributed by atoms with Crippen LogP contribution < -0.4 is 9.80 Å². The molecule has 8 aromatic carbocycles. The van der Waals surface area contributed by atoms with Crippen molar-refractivity contribution in [3.05, 3.63) is 182 Å². The lowest BCUT2D eigenvalue weighted by Crippen LogP contribution is -2.12. The molecule has 2 heterocycles. The molecule has 0 saturated carbocycles. The summed E-state index contributed by atoms with van der Waals surface area (Å²) < 4.78 is 4.80. The maximum absolute atomic E-state index is 2.45. The maximum atomic E-state index is 2.45. The molecule has 4 nitrogen and oxygen atoms in total. The monoisotopic (exact) mass is 668 g/mol. The fourth-order valence-electron chi connectivity index (χ4n) is 8.42. The highest BCUT2D eigenvalue weighted by molar-refractivity contribution is 6.32. The quantitative estimate of drug-likeness (QED) is 0.175. The number of benzene rings is 8. The minimum absolute atomic E-state index is 1.12. The van der Waals surface area contributed by atoms with Crippen LogP contribution >= 0.6 is 0 Å². The van der Waals surface area contributed by atoms with Crippen molar-refractivity contribution < 1.29 is 0 Å². The second-order valence-corrected chi connectivity index (χ2v) is 13.5. The smallest absolute Gasteiger partial charge is 0.0591 e. The Hall–Kier alpha value is -6.78. The summed E-state index contributed by atoms with van der Waals surface area (Å²) in [6, 6.07) is 65.6. The topological polar surface area (TPSA) is 16.3 Å². The second-order valence-electron chi connectivity index (χ2n) is 13.5. The van der Waals surface area contributed by atoms with Gasteiger partial charge in [-0.05, 0) is 72.8 Å². The largest absolute Gasteiger partial charge is 0.343 e. The fraction of sp³-hybridized carbons (Fsp3) is 0.0417. The van der Waals surface area contributed by atoms with E-state index in [4.69, 9.17) is 0 Å². The summed E-state index contributed by atoms with van der Waals surface area (Å²) in [5.41, 5.74) is 11.6. The van der Waals surface area contributed by atoms with E-state index >= 15 is 0 Å². The first-order valence-corrected chi connectivity index (χ1v) is 17.8. The number of hydrogen-bond donors (Lipinski definition) is 0. The number of hydrogen-bond acceptors (Lipinski definition) is 2. The zero-order valence-electron chi connectivity index (χ0n) is 29.1. The van der Waals surface area contributed by atoms with Crippen LogP contribution in [-0.2, 0) is 14.1 Å². The van der Waals surface area contributed by atoms with Crippen LogP contribution in [-0.4, -0.2) is 9.13 Å². The van der Waals surface area contributed by atoms with Gasteiger partial charge in [0.15, 0.2) is 0 Å². The van der Waals surface area contributed by atoms with Crippen molar-refractivity contribution in [3.63, 3.8) is 0 Å². The number of nitrogens with zero attached hydrogens (tertiary/aromatic N) is 4. The van der Waals surface area contributed by atoms with Gasteiger partial charge in [-0.25, -0.2) is 0 Å². The molecule has 0 N–H and O–H groups in total. The van der Waals surface area contributed by atoms with Crippen LogP contribution in [0.25, 0.3) is 54.4 Å². The first-order valence-electron chi connectivity index (χ1n) is 17.8. The summed E-state index contributed by atoms with van der Waals surface area (Å²) in [6.45, 7) is 0. The lowest BCUT2D eigenvalue weighted by molar-refractivity contribution is 1.01. The zero-order chi connectivity index (χ0) is 34.8. The van der Waals surface area contributed by atoms with Crippen LogP contribution in [0, 0.1) is 0 Å². The summed E-state index contributed by atoms with van der Waals surface area (Å²) in [6.07, 6.45) is 0. The molecule has 0 fully saturated rings. The number of rotatable bonds is 6. The Balaban J connectivity index is 1.44. The third-order valence-corrected chi connectivity index (χ3v) is 10.6. The number of fused-ring (bicyclic) bond motifs is 9.